The van der Waals surface area contributed by atoms with Crippen molar-refractivity contribution in [3.63, 3.8) is 0 Å². The Morgan fingerprint density at radius 3 is 2.53 bits per heavy atom. The van der Waals surface area contributed by atoms with E-state index in [-0.39, 0.29) is 11.6 Å². The Morgan fingerprint density at radius 2 is 2.07 bits per heavy atom. The first-order chi connectivity index (χ1) is 6.83. The van der Waals surface area contributed by atoms with Gasteiger partial charge in [0.05, 0.1) is 4.47 Å². The summed E-state index contributed by atoms with van der Waals surface area (Å²) in [5.41, 5.74) is 5.69. The van der Waals surface area contributed by atoms with E-state index in [0.717, 1.165) is 14.8 Å². The molecule has 0 fully saturated rings. The first kappa shape index (κ1) is 12.9. The van der Waals surface area contributed by atoms with Crippen LogP contribution in [0, 0.1) is 0 Å². The van der Waals surface area contributed by atoms with Crippen LogP contribution in [0.25, 0.3) is 0 Å². The third-order valence-electron chi connectivity index (χ3n) is 2.39. The molecule has 0 amide bonds. The fraction of sp³-hybridized carbons (Fsp3) is 0.500. The van der Waals surface area contributed by atoms with Crippen molar-refractivity contribution in [3.8, 4) is 0 Å². The van der Waals surface area contributed by atoms with E-state index in [1.807, 2.05) is 26.8 Å². The molecule has 15 heavy (non-hydrogen) atoms. The topological polar surface area (TPSA) is 50.9 Å². The van der Waals surface area contributed by atoms with Crippen molar-refractivity contribution in [2.24, 2.45) is 5.73 Å². The molecular formula is C10H15Br2N3. The van der Waals surface area contributed by atoms with Crippen LogP contribution in [0.5, 0.6) is 0 Å². The number of anilines is 1. The maximum Gasteiger partial charge on any atom is 0.140 e. The van der Waals surface area contributed by atoms with Gasteiger partial charge in [0.1, 0.15) is 5.82 Å². The Balaban J connectivity index is 2.90. The summed E-state index contributed by atoms with van der Waals surface area (Å²) >= 11 is 6.81. The summed E-state index contributed by atoms with van der Waals surface area (Å²) < 4.78 is 1.86. The Hall–Kier alpha value is -0.130. The summed E-state index contributed by atoms with van der Waals surface area (Å²) in [4.78, 5) is 4.28. The van der Waals surface area contributed by atoms with E-state index in [1.165, 1.54) is 0 Å². The fourth-order valence-electron chi connectivity index (χ4n) is 0.926. The van der Waals surface area contributed by atoms with Crippen LogP contribution >= 0.6 is 31.9 Å². The van der Waals surface area contributed by atoms with Crippen molar-refractivity contribution >= 4 is 37.7 Å². The zero-order valence-electron chi connectivity index (χ0n) is 9.01. The van der Waals surface area contributed by atoms with E-state index in [0.29, 0.717) is 0 Å². The molecule has 0 saturated heterocycles. The van der Waals surface area contributed by atoms with Crippen LogP contribution in [0.4, 0.5) is 5.82 Å². The van der Waals surface area contributed by atoms with Gasteiger partial charge in [-0.05, 0) is 58.7 Å². The summed E-state index contributed by atoms with van der Waals surface area (Å²) in [5, 5.41) is 3.31. The van der Waals surface area contributed by atoms with Gasteiger partial charge in [0.25, 0.3) is 0 Å². The lowest BCUT2D eigenvalue weighted by Gasteiger charge is -2.31. The molecule has 0 saturated carbocycles. The van der Waals surface area contributed by atoms with Gasteiger partial charge in [-0.15, -0.1) is 0 Å². The lowest BCUT2D eigenvalue weighted by molar-refractivity contribution is 0.469. The second kappa shape index (κ2) is 4.80. The number of aromatic nitrogens is 1. The van der Waals surface area contributed by atoms with Crippen molar-refractivity contribution in [1.82, 2.24) is 4.98 Å². The van der Waals surface area contributed by atoms with E-state index in [9.17, 15) is 0 Å². The minimum Gasteiger partial charge on any atom is -0.363 e. The highest BCUT2D eigenvalue weighted by atomic mass is 79.9. The molecule has 1 heterocycles. The largest absolute Gasteiger partial charge is 0.363 e. The molecule has 1 atom stereocenters. The number of nitrogens with one attached hydrogen (secondary N) is 1. The molecule has 1 unspecified atom stereocenters. The van der Waals surface area contributed by atoms with Gasteiger partial charge in [-0.2, -0.15) is 0 Å². The van der Waals surface area contributed by atoms with Gasteiger partial charge in [0.2, 0.25) is 0 Å². The molecule has 1 rings (SSSR count). The second-order valence-corrected chi connectivity index (χ2v) is 5.89. The Bertz CT molecular complexity index is 351. The van der Waals surface area contributed by atoms with Crippen LogP contribution in [0.15, 0.2) is 21.2 Å². The molecule has 0 bridgehead atoms. The van der Waals surface area contributed by atoms with Crippen LogP contribution < -0.4 is 11.1 Å². The number of rotatable bonds is 3. The predicted molar refractivity (Wildman–Crippen MR) is 71.0 cm³/mol. The molecule has 1 aromatic heterocycles. The number of hydrogen-bond acceptors (Lipinski definition) is 3. The summed E-state index contributed by atoms with van der Waals surface area (Å²) in [6, 6.07) is 1.99. The van der Waals surface area contributed by atoms with Gasteiger partial charge in [-0.3, -0.25) is 0 Å². The Kier molecular flexibility index (Phi) is 4.14. The highest BCUT2D eigenvalue weighted by Crippen LogP contribution is 2.26. The molecule has 3 N–H and O–H groups in total. The van der Waals surface area contributed by atoms with E-state index in [2.05, 4.69) is 42.2 Å². The monoisotopic (exact) mass is 335 g/mol. The van der Waals surface area contributed by atoms with Crippen molar-refractivity contribution < 1.29 is 0 Å². The molecule has 0 aliphatic heterocycles. The molecule has 5 heteroatoms. The Labute approximate surface area is 107 Å². The van der Waals surface area contributed by atoms with Crippen LogP contribution in [-0.2, 0) is 0 Å². The number of halogens is 2. The first-order valence-electron chi connectivity index (χ1n) is 4.68. The average molecular weight is 337 g/mol. The molecule has 0 aliphatic rings. The van der Waals surface area contributed by atoms with Crippen LogP contribution in [0.1, 0.15) is 20.8 Å². The van der Waals surface area contributed by atoms with Gasteiger partial charge >= 0.3 is 0 Å². The van der Waals surface area contributed by atoms with Gasteiger partial charge in [-0.25, -0.2) is 4.98 Å². The maximum atomic E-state index is 5.88. The molecule has 0 spiro atoms. The third-order valence-corrected chi connectivity index (χ3v) is 3.42. The highest BCUT2D eigenvalue weighted by Gasteiger charge is 2.23. The minimum absolute atomic E-state index is 0.0369. The second-order valence-electron chi connectivity index (χ2n) is 4.12. The molecule has 0 aromatic carbocycles. The minimum atomic E-state index is -0.191. The van der Waals surface area contributed by atoms with Gasteiger partial charge in [0.15, 0.2) is 0 Å². The zero-order chi connectivity index (χ0) is 11.6. The maximum absolute atomic E-state index is 5.88. The standard InChI is InChI=1S/C10H15Br2N3/c1-6(13)10(2,3)15-9-8(12)4-7(11)5-14-9/h4-6H,13H2,1-3H3,(H,14,15). The molecule has 3 nitrogen and oxygen atoms in total. The van der Waals surface area contributed by atoms with Gasteiger partial charge in [-0.1, -0.05) is 0 Å². The van der Waals surface area contributed by atoms with Crippen molar-refractivity contribution in [2.45, 2.75) is 32.4 Å². The first-order valence-corrected chi connectivity index (χ1v) is 6.26. The molecule has 0 radical (unpaired) electrons. The van der Waals surface area contributed by atoms with E-state index in [4.69, 9.17) is 5.73 Å². The zero-order valence-corrected chi connectivity index (χ0v) is 12.2. The van der Waals surface area contributed by atoms with E-state index >= 15 is 0 Å². The van der Waals surface area contributed by atoms with E-state index < -0.39 is 0 Å². The quantitative estimate of drug-likeness (QED) is 0.891. The highest BCUT2D eigenvalue weighted by molar-refractivity contribution is 9.11. The predicted octanol–water partition coefficient (Wildman–Crippen LogP) is 3.14. The summed E-state index contributed by atoms with van der Waals surface area (Å²) in [6.45, 7) is 6.07. The number of nitrogens with two attached hydrogens (primary N) is 1. The van der Waals surface area contributed by atoms with Crippen LogP contribution in [0.3, 0.4) is 0 Å². The Morgan fingerprint density at radius 1 is 1.47 bits per heavy atom. The number of hydrogen-bond donors (Lipinski definition) is 2. The average Bonchev–Trinajstić information content (AvgIpc) is 2.09. The van der Waals surface area contributed by atoms with Gasteiger partial charge in [0, 0.05) is 22.3 Å². The molecular weight excluding hydrogens is 322 g/mol. The lowest BCUT2D eigenvalue weighted by Crippen LogP contribution is -2.47. The number of nitrogens with zero attached hydrogens (tertiary/aromatic N) is 1. The molecule has 84 valence electrons. The summed E-state index contributed by atoms with van der Waals surface area (Å²) in [5.74, 6) is 0.806. The fourth-order valence-corrected chi connectivity index (χ4v) is 2.01. The lowest BCUT2D eigenvalue weighted by atomic mass is 9.97. The SMILES string of the molecule is CC(N)C(C)(C)Nc1ncc(Br)cc1Br. The molecule has 1 aromatic rings. The molecule has 0 aliphatic carbocycles. The summed E-state index contributed by atoms with van der Waals surface area (Å²) in [7, 11) is 0. The van der Waals surface area contributed by atoms with Crippen LogP contribution in [-0.4, -0.2) is 16.6 Å². The summed E-state index contributed by atoms with van der Waals surface area (Å²) in [6.07, 6.45) is 1.75. The smallest absolute Gasteiger partial charge is 0.140 e. The van der Waals surface area contributed by atoms with Crippen molar-refractivity contribution in [2.75, 3.05) is 5.32 Å². The number of pyridine rings is 1. The van der Waals surface area contributed by atoms with E-state index in [1.54, 1.807) is 6.20 Å². The third kappa shape index (κ3) is 3.43. The van der Waals surface area contributed by atoms with Crippen LogP contribution in [0.2, 0.25) is 0 Å². The van der Waals surface area contributed by atoms with Gasteiger partial charge < -0.3 is 11.1 Å². The van der Waals surface area contributed by atoms with Crippen molar-refractivity contribution in [3.05, 3.63) is 21.2 Å². The van der Waals surface area contributed by atoms with Crippen molar-refractivity contribution in [1.29, 1.82) is 0 Å². The normalized spacial score (nSPS) is 13.7.